The molecule has 0 radical (unpaired) electrons. The van der Waals surface area contributed by atoms with E-state index in [9.17, 15) is 28.8 Å². The van der Waals surface area contributed by atoms with Crippen molar-refractivity contribution in [3.05, 3.63) is 246 Å². The zero-order valence-electron chi connectivity index (χ0n) is 59.0. The van der Waals surface area contributed by atoms with Gasteiger partial charge < -0.3 is 51.3 Å². The maximum Gasteiger partial charge on any atom is 0.272 e. The highest BCUT2D eigenvalue weighted by Crippen LogP contribution is 2.36. The van der Waals surface area contributed by atoms with Crippen LogP contribution in [0.1, 0.15) is 88.5 Å². The molecule has 12 aromatic rings. The Balaban J connectivity index is 0.000000158. The number of nitrogen functional groups attached to an aromatic ring is 1. The van der Waals surface area contributed by atoms with Gasteiger partial charge in [0.25, 0.3) is 17.7 Å². The number of likely N-dealkylation sites (tertiary alicyclic amines) is 3. The number of aromatic amines is 3. The molecule has 3 aromatic carbocycles. The van der Waals surface area contributed by atoms with Gasteiger partial charge in [0.2, 0.25) is 23.1 Å². The Labute approximate surface area is 654 Å². The normalized spacial score (nSPS) is 15.2. The van der Waals surface area contributed by atoms with E-state index in [4.69, 9.17) is 67.1 Å². The van der Waals surface area contributed by atoms with Crippen LogP contribution in [0.5, 0.6) is 0 Å². The third-order valence-corrected chi connectivity index (χ3v) is 19.3. The summed E-state index contributed by atoms with van der Waals surface area (Å²) < 4.78 is 0. The topological polar surface area (TPSA) is 338 Å². The number of allylic oxidation sites excluding steroid dienone is 3. The Morgan fingerprint density at radius 1 is 0.445 bits per heavy atom. The van der Waals surface area contributed by atoms with Gasteiger partial charge in [0.15, 0.2) is 11.6 Å². The molecule has 3 saturated heterocycles. The lowest BCUT2D eigenvalue weighted by Crippen LogP contribution is -2.45. The Bertz CT molecular complexity index is 5110. The molecule has 3 atom stereocenters. The van der Waals surface area contributed by atoms with Crippen LogP contribution in [0.25, 0.3) is 66.5 Å². The van der Waals surface area contributed by atoms with Crippen LogP contribution in [0, 0.1) is 0 Å². The van der Waals surface area contributed by atoms with Gasteiger partial charge in [-0.3, -0.25) is 38.7 Å². The van der Waals surface area contributed by atoms with Crippen molar-refractivity contribution in [3.63, 3.8) is 0 Å². The number of pyridine rings is 3. The molecule has 0 saturated carbocycles. The molecule has 0 spiro atoms. The van der Waals surface area contributed by atoms with Gasteiger partial charge in [0.1, 0.15) is 17.1 Å². The van der Waals surface area contributed by atoms with Crippen molar-refractivity contribution >= 4 is 137 Å². The molecule has 562 valence electrons. The minimum absolute atomic E-state index is 0. The van der Waals surface area contributed by atoms with Gasteiger partial charge in [-0.15, -0.1) is 0 Å². The first-order valence-corrected chi connectivity index (χ1v) is 36.6. The van der Waals surface area contributed by atoms with E-state index in [0.29, 0.717) is 112 Å². The molecule has 3 fully saturated rings. The number of fused-ring (bicyclic) bond motifs is 3. The standard InChI is InChI=1S/2C27H25ClN6O2.C23H22ClN7O.C3H3ClO.CH4/c2*1-2-19(35)12-17-9-10-24(29-13-17)26(36)34-11-5-6-18(16-34)32-27-31-15-22(28)25(33-27)21-14-30-23-8-4-3-7-20(21)23;24-18-12-28-23(30-21(18)17-11-27-19-6-2-1-5-16(17)19)29-15-4-3-9-31(13-15)22(32)20-8-7-14(25)10-26-20;1-2-3(4)5;/h2*2-4,7-10,13-15,18,30H,1,5-6,11-12,16H2,(H,31,32,33);1-2,5-8,10-12,15,27H,3-4,9,13,25H2,(H,28,29,30);2H,1H2;1H4/t2*18-;15-;;/m111../s1. The van der Waals surface area contributed by atoms with Gasteiger partial charge in [-0.2, -0.15) is 0 Å². The predicted octanol–water partition coefficient (Wildman–Crippen LogP) is 14.9. The molecule has 15 rings (SSSR count). The number of H-pyrrole nitrogens is 3. The van der Waals surface area contributed by atoms with E-state index >= 15 is 0 Å². The number of rotatable bonds is 19. The van der Waals surface area contributed by atoms with Crippen molar-refractivity contribution in [1.29, 1.82) is 0 Å². The van der Waals surface area contributed by atoms with Gasteiger partial charge in [-0.25, -0.2) is 34.9 Å². The minimum atomic E-state index is -0.509. The molecule has 110 heavy (non-hydrogen) atoms. The fourth-order valence-corrected chi connectivity index (χ4v) is 13.5. The lowest BCUT2D eigenvalue weighted by atomic mass is 10.0. The van der Waals surface area contributed by atoms with Crippen LogP contribution in [0.15, 0.2) is 203 Å². The van der Waals surface area contributed by atoms with Crippen LogP contribution in [0.2, 0.25) is 15.1 Å². The minimum Gasteiger partial charge on any atom is -0.397 e. The molecule has 0 aliphatic carbocycles. The highest BCUT2D eigenvalue weighted by atomic mass is 35.5. The van der Waals surface area contributed by atoms with Crippen molar-refractivity contribution in [1.82, 2.24) is 74.5 Å². The number of piperidine rings is 3. The highest BCUT2D eigenvalue weighted by Gasteiger charge is 2.30. The van der Waals surface area contributed by atoms with Crippen molar-refractivity contribution in [2.24, 2.45) is 0 Å². The Morgan fingerprint density at radius 2 is 0.764 bits per heavy atom. The monoisotopic (exact) mass is 1550 g/mol. The van der Waals surface area contributed by atoms with Crippen LogP contribution >= 0.6 is 46.4 Å². The molecule has 0 unspecified atom stereocenters. The molecule has 12 heterocycles. The summed E-state index contributed by atoms with van der Waals surface area (Å²) in [7, 11) is 0. The maximum atomic E-state index is 13.1. The molecule has 3 aliphatic heterocycles. The second kappa shape index (κ2) is 37.2. The number of halogens is 4. The third kappa shape index (κ3) is 19.8. The number of ketones is 2. The van der Waals surface area contributed by atoms with Crippen LogP contribution in [-0.2, 0) is 27.2 Å². The summed E-state index contributed by atoms with van der Waals surface area (Å²) in [6.07, 6.45) is 24.5. The van der Waals surface area contributed by atoms with E-state index in [0.717, 1.165) is 105 Å². The average molecular weight is 1560 g/mol. The summed E-state index contributed by atoms with van der Waals surface area (Å²) >= 11 is 24.1. The van der Waals surface area contributed by atoms with Gasteiger partial charge in [-0.1, -0.05) is 129 Å². The number of carbonyl (C=O) groups excluding carboxylic acids is 6. The zero-order valence-corrected chi connectivity index (χ0v) is 62.0. The Morgan fingerprint density at radius 3 is 1.05 bits per heavy atom. The number of benzene rings is 3. The van der Waals surface area contributed by atoms with Crippen molar-refractivity contribution in [3.8, 4) is 33.8 Å². The van der Waals surface area contributed by atoms with Gasteiger partial charge in [-0.05, 0) is 122 Å². The number of nitrogens with two attached hydrogens (primary N) is 1. The van der Waals surface area contributed by atoms with Crippen LogP contribution < -0.4 is 21.7 Å². The largest absolute Gasteiger partial charge is 0.397 e. The van der Waals surface area contributed by atoms with Crippen molar-refractivity contribution in [2.45, 2.75) is 76.9 Å². The van der Waals surface area contributed by atoms with E-state index < -0.39 is 5.24 Å². The van der Waals surface area contributed by atoms with Crippen LogP contribution in [-0.4, -0.2) is 166 Å². The van der Waals surface area contributed by atoms with Crippen molar-refractivity contribution < 1.29 is 28.8 Å². The fourth-order valence-electron chi connectivity index (χ4n) is 12.9. The first-order valence-electron chi connectivity index (χ1n) is 35.1. The number of nitrogens with one attached hydrogen (secondary N) is 6. The molecule has 29 heteroatoms. The molecule has 9 aromatic heterocycles. The Hall–Kier alpha value is -12.0. The number of para-hydroxylation sites is 3. The van der Waals surface area contributed by atoms with E-state index in [1.165, 1.54) is 18.3 Å². The molecular weight excluding hydrogens is 1480 g/mol. The molecular formula is C81H79Cl4N19O6. The third-order valence-electron chi connectivity index (χ3n) is 18.4. The summed E-state index contributed by atoms with van der Waals surface area (Å²) in [6.45, 7) is 13.6. The molecule has 3 aliphatic rings. The summed E-state index contributed by atoms with van der Waals surface area (Å²) in [5, 5.41) is 14.2. The molecule has 25 nitrogen and oxygen atoms in total. The predicted molar refractivity (Wildman–Crippen MR) is 433 cm³/mol. The second-order valence-corrected chi connectivity index (χ2v) is 27.5. The SMILES string of the molecule is C.C=CC(=O)Cc1ccc(C(=O)N2CCC[C@@H](Nc3ncc(Cl)c(-c4c[nH]c5ccccc45)n3)C2)nc1.C=CC(=O)Cc1ccc(C(=O)N2CCC[C@@H](Nc3ncc(Cl)c(-c4c[nH]c5ccccc45)n3)C2)nc1.C=CC(=O)Cl.Nc1ccc(C(=O)N2CCC[C@@H](Nc3ncc(Cl)c(-c4c[nH]c5ccccc45)n3)C2)nc1. The summed E-state index contributed by atoms with van der Waals surface area (Å²) in [5.41, 5.74) is 16.5. The van der Waals surface area contributed by atoms with E-state index in [2.05, 4.69) is 80.5 Å². The van der Waals surface area contributed by atoms with Crippen molar-refractivity contribution in [2.75, 3.05) is 61.0 Å². The number of nitrogens with zero attached hydrogens (tertiary/aromatic N) is 12. The molecule has 0 bridgehead atoms. The smallest absolute Gasteiger partial charge is 0.272 e. The first kappa shape index (κ1) is 79.0. The number of hydrogen-bond acceptors (Lipinski definition) is 19. The van der Waals surface area contributed by atoms with Crippen LogP contribution in [0.3, 0.4) is 0 Å². The number of hydrogen-bond donors (Lipinski definition) is 7. The first-order chi connectivity index (χ1) is 52.9. The maximum absolute atomic E-state index is 13.1. The summed E-state index contributed by atoms with van der Waals surface area (Å²) in [6, 6.07) is 34.2. The van der Waals surface area contributed by atoms with Gasteiger partial charge in [0, 0.05) is 151 Å². The summed E-state index contributed by atoms with van der Waals surface area (Å²) in [5.74, 6) is 0.865. The lowest BCUT2D eigenvalue weighted by molar-refractivity contribution is -0.114. The molecule has 3 amide bonds. The van der Waals surface area contributed by atoms with E-state index in [1.807, 2.05) is 91.4 Å². The van der Waals surface area contributed by atoms with E-state index in [1.54, 1.807) is 82.1 Å². The average Bonchev–Trinajstić information content (AvgIpc) is 1.64. The molecule has 8 N–H and O–H groups in total. The highest BCUT2D eigenvalue weighted by molar-refractivity contribution is 6.66. The lowest BCUT2D eigenvalue weighted by Gasteiger charge is -2.33. The fraction of sp³-hybridized carbons (Fsp3) is 0.222. The number of amides is 3. The second-order valence-electron chi connectivity index (χ2n) is 25.9. The van der Waals surface area contributed by atoms with Gasteiger partial charge >= 0.3 is 0 Å². The summed E-state index contributed by atoms with van der Waals surface area (Å²) in [4.78, 5) is 127. The Kier molecular flexibility index (Phi) is 26.7. The number of anilines is 4. The number of carbonyl (C=O) groups is 6. The number of aromatic nitrogens is 12. The quantitative estimate of drug-likeness (QED) is 0.0292. The van der Waals surface area contributed by atoms with E-state index in [-0.39, 0.29) is 67.7 Å². The van der Waals surface area contributed by atoms with Gasteiger partial charge in [0.05, 0.1) is 62.6 Å². The van der Waals surface area contributed by atoms with Crippen LogP contribution in [0.4, 0.5) is 23.5 Å². The zero-order chi connectivity index (χ0) is 76.5.